The van der Waals surface area contributed by atoms with Crippen molar-refractivity contribution >= 4 is 17.3 Å². The lowest BCUT2D eigenvalue weighted by atomic mass is 10.1. The molecule has 0 aliphatic heterocycles. The number of nitrogens with one attached hydrogen (secondary N) is 1. The van der Waals surface area contributed by atoms with Crippen LogP contribution in [0.15, 0.2) is 18.2 Å². The van der Waals surface area contributed by atoms with Crippen LogP contribution in [0.2, 0.25) is 0 Å². The number of nitro benzene ring substituents is 1. The number of rotatable bonds is 3. The van der Waals surface area contributed by atoms with Crippen molar-refractivity contribution in [3.63, 3.8) is 0 Å². The Bertz CT molecular complexity index is 477. The molecule has 0 amide bonds. The van der Waals surface area contributed by atoms with Crippen LogP contribution in [0, 0.1) is 10.1 Å². The molecule has 0 fully saturated rings. The molecule has 0 heterocycles. The summed E-state index contributed by atoms with van der Waals surface area (Å²) in [6, 6.07) is 4.21. The highest BCUT2D eigenvalue weighted by molar-refractivity contribution is 5.91. The first-order valence-electron chi connectivity index (χ1n) is 5.39. The van der Waals surface area contributed by atoms with Gasteiger partial charge >= 0.3 is 5.97 Å². The lowest BCUT2D eigenvalue weighted by molar-refractivity contribution is -0.384. The molecule has 1 N–H and O–H groups in total. The van der Waals surface area contributed by atoms with E-state index in [-0.39, 0.29) is 16.8 Å². The van der Waals surface area contributed by atoms with Gasteiger partial charge in [-0.1, -0.05) is 0 Å². The van der Waals surface area contributed by atoms with E-state index < -0.39 is 10.9 Å². The molecule has 6 nitrogen and oxygen atoms in total. The molecule has 0 saturated carbocycles. The van der Waals surface area contributed by atoms with Gasteiger partial charge in [0.15, 0.2) is 0 Å². The number of hydrogen-bond donors (Lipinski definition) is 1. The van der Waals surface area contributed by atoms with Gasteiger partial charge in [-0.2, -0.15) is 0 Å². The summed E-state index contributed by atoms with van der Waals surface area (Å²) in [4.78, 5) is 21.8. The lowest BCUT2D eigenvalue weighted by Gasteiger charge is -2.22. The fourth-order valence-corrected chi connectivity index (χ4v) is 1.44. The van der Waals surface area contributed by atoms with E-state index in [0.29, 0.717) is 5.69 Å². The maximum atomic E-state index is 11.3. The molecule has 0 unspecified atom stereocenters. The zero-order chi connectivity index (χ0) is 13.9. The van der Waals surface area contributed by atoms with Crippen molar-refractivity contribution in [1.82, 2.24) is 0 Å². The van der Waals surface area contributed by atoms with E-state index in [1.54, 1.807) is 0 Å². The number of nitrogens with zero attached hydrogens (tertiary/aromatic N) is 1. The average molecular weight is 252 g/mol. The van der Waals surface area contributed by atoms with Gasteiger partial charge in [-0.3, -0.25) is 10.1 Å². The molecule has 1 rings (SSSR count). The van der Waals surface area contributed by atoms with Crippen molar-refractivity contribution in [2.75, 3.05) is 12.4 Å². The molecule has 1 aromatic carbocycles. The number of esters is 1. The Balaban J connectivity index is 3.21. The predicted molar refractivity (Wildman–Crippen MR) is 67.8 cm³/mol. The first kappa shape index (κ1) is 14.0. The fraction of sp³-hybridized carbons (Fsp3) is 0.417. The van der Waals surface area contributed by atoms with Crippen LogP contribution in [0.4, 0.5) is 11.4 Å². The Morgan fingerprint density at radius 3 is 2.44 bits per heavy atom. The van der Waals surface area contributed by atoms with Crippen molar-refractivity contribution in [3.8, 4) is 0 Å². The number of ether oxygens (including phenoxy) is 1. The van der Waals surface area contributed by atoms with Crippen molar-refractivity contribution in [1.29, 1.82) is 0 Å². The molecule has 18 heavy (non-hydrogen) atoms. The van der Waals surface area contributed by atoms with Gasteiger partial charge in [0.1, 0.15) is 5.69 Å². The molecule has 0 spiro atoms. The quantitative estimate of drug-likeness (QED) is 0.508. The predicted octanol–water partition coefficient (Wildman–Crippen LogP) is 2.59. The molecule has 0 aliphatic carbocycles. The molecule has 98 valence electrons. The lowest BCUT2D eigenvalue weighted by Crippen LogP contribution is -2.26. The fourth-order valence-electron chi connectivity index (χ4n) is 1.44. The summed E-state index contributed by atoms with van der Waals surface area (Å²) in [7, 11) is 1.23. The Morgan fingerprint density at radius 1 is 1.39 bits per heavy atom. The minimum atomic E-state index is -0.597. The number of anilines is 1. The summed E-state index contributed by atoms with van der Waals surface area (Å²) < 4.78 is 4.53. The molecule has 0 atom stereocenters. The Hall–Kier alpha value is -2.11. The summed E-state index contributed by atoms with van der Waals surface area (Å²) in [5.74, 6) is -0.597. The highest BCUT2D eigenvalue weighted by atomic mass is 16.6. The zero-order valence-electron chi connectivity index (χ0n) is 10.8. The highest BCUT2D eigenvalue weighted by Crippen LogP contribution is 2.28. The van der Waals surface area contributed by atoms with Gasteiger partial charge in [0.05, 0.1) is 17.6 Å². The maximum Gasteiger partial charge on any atom is 0.338 e. The van der Waals surface area contributed by atoms with Crippen LogP contribution in [0.25, 0.3) is 0 Å². The van der Waals surface area contributed by atoms with Gasteiger partial charge in [-0.15, -0.1) is 0 Å². The number of benzene rings is 1. The third-order valence-electron chi connectivity index (χ3n) is 2.13. The molecular weight excluding hydrogens is 236 g/mol. The number of carbonyl (C=O) groups is 1. The second-order valence-electron chi connectivity index (χ2n) is 4.86. The van der Waals surface area contributed by atoms with Gasteiger partial charge in [0, 0.05) is 11.6 Å². The van der Waals surface area contributed by atoms with E-state index in [2.05, 4.69) is 10.1 Å². The van der Waals surface area contributed by atoms with Crippen LogP contribution in [0.3, 0.4) is 0 Å². The standard InChI is InChI=1S/C12H16N2O4/c1-12(2,3)13-9-6-5-8(11(15)18-4)7-10(9)14(16)17/h5-7,13H,1-4H3. The maximum absolute atomic E-state index is 11.3. The summed E-state index contributed by atoms with van der Waals surface area (Å²) in [6.45, 7) is 5.68. The van der Waals surface area contributed by atoms with Crippen molar-refractivity contribution in [2.24, 2.45) is 0 Å². The Kier molecular flexibility index (Phi) is 3.90. The molecule has 0 bridgehead atoms. The number of nitro groups is 1. The Labute approximate surface area is 105 Å². The molecule has 0 saturated heterocycles. The van der Waals surface area contributed by atoms with E-state index in [1.807, 2.05) is 20.8 Å². The van der Waals surface area contributed by atoms with E-state index in [0.717, 1.165) is 0 Å². The van der Waals surface area contributed by atoms with E-state index in [9.17, 15) is 14.9 Å². The van der Waals surface area contributed by atoms with Crippen LogP contribution in [0.1, 0.15) is 31.1 Å². The summed E-state index contributed by atoms with van der Waals surface area (Å²) >= 11 is 0. The van der Waals surface area contributed by atoms with E-state index in [4.69, 9.17) is 0 Å². The smallest absolute Gasteiger partial charge is 0.338 e. The van der Waals surface area contributed by atoms with Crippen LogP contribution < -0.4 is 5.32 Å². The third-order valence-corrected chi connectivity index (χ3v) is 2.13. The summed E-state index contributed by atoms with van der Waals surface area (Å²) in [5.41, 5.74) is 0.0778. The van der Waals surface area contributed by atoms with Crippen LogP contribution in [-0.2, 0) is 4.74 Å². The molecular formula is C12H16N2O4. The highest BCUT2D eigenvalue weighted by Gasteiger charge is 2.21. The van der Waals surface area contributed by atoms with Crippen molar-refractivity contribution < 1.29 is 14.5 Å². The summed E-state index contributed by atoms with van der Waals surface area (Å²) in [6.07, 6.45) is 0. The van der Waals surface area contributed by atoms with E-state index >= 15 is 0 Å². The molecule has 1 aromatic rings. The summed E-state index contributed by atoms with van der Waals surface area (Å²) in [5, 5.41) is 14.0. The number of hydrogen-bond acceptors (Lipinski definition) is 5. The van der Waals surface area contributed by atoms with Crippen LogP contribution in [0.5, 0.6) is 0 Å². The first-order chi connectivity index (χ1) is 8.24. The normalized spacial score (nSPS) is 10.9. The van der Waals surface area contributed by atoms with Gasteiger partial charge in [-0.05, 0) is 32.9 Å². The number of methoxy groups -OCH3 is 1. The van der Waals surface area contributed by atoms with Gasteiger partial charge in [-0.25, -0.2) is 4.79 Å². The second kappa shape index (κ2) is 5.03. The number of carbonyl (C=O) groups excluding carboxylic acids is 1. The zero-order valence-corrected chi connectivity index (χ0v) is 10.8. The average Bonchev–Trinajstić information content (AvgIpc) is 2.26. The minimum absolute atomic E-state index is 0.146. The van der Waals surface area contributed by atoms with Gasteiger partial charge < -0.3 is 10.1 Å². The Morgan fingerprint density at radius 2 is 2.00 bits per heavy atom. The third kappa shape index (κ3) is 3.44. The molecule has 0 aliphatic rings. The van der Waals surface area contributed by atoms with Crippen LogP contribution in [-0.4, -0.2) is 23.5 Å². The first-order valence-corrected chi connectivity index (χ1v) is 5.39. The SMILES string of the molecule is COC(=O)c1ccc(NC(C)(C)C)c([N+](=O)[O-])c1. The molecule has 0 radical (unpaired) electrons. The molecule has 6 heteroatoms. The van der Waals surface area contributed by atoms with E-state index in [1.165, 1.54) is 25.3 Å². The minimum Gasteiger partial charge on any atom is -0.465 e. The molecule has 0 aromatic heterocycles. The monoisotopic (exact) mass is 252 g/mol. The largest absolute Gasteiger partial charge is 0.465 e. The second-order valence-corrected chi connectivity index (χ2v) is 4.86. The van der Waals surface area contributed by atoms with Crippen LogP contribution >= 0.6 is 0 Å². The van der Waals surface area contributed by atoms with Gasteiger partial charge in [0.25, 0.3) is 5.69 Å². The topological polar surface area (TPSA) is 81.5 Å². The van der Waals surface area contributed by atoms with Gasteiger partial charge in [0.2, 0.25) is 0 Å². The van der Waals surface area contributed by atoms with Crippen molar-refractivity contribution in [3.05, 3.63) is 33.9 Å². The van der Waals surface area contributed by atoms with Crippen molar-refractivity contribution in [2.45, 2.75) is 26.3 Å².